The zero-order valence-electron chi connectivity index (χ0n) is 11.6. The summed E-state index contributed by atoms with van der Waals surface area (Å²) in [6, 6.07) is 10.3. The van der Waals surface area contributed by atoms with Gasteiger partial charge in [-0.05, 0) is 26.3 Å². The van der Waals surface area contributed by atoms with Crippen LogP contribution in [0.1, 0.15) is 33.3 Å². The van der Waals surface area contributed by atoms with Gasteiger partial charge in [0.15, 0.2) is 0 Å². The fraction of sp³-hybridized carbons (Fsp3) is 0.533. The van der Waals surface area contributed by atoms with E-state index >= 15 is 0 Å². The van der Waals surface area contributed by atoms with Crippen molar-refractivity contribution >= 4 is 17.7 Å². The molecule has 0 fully saturated rings. The van der Waals surface area contributed by atoms with Crippen molar-refractivity contribution in [1.82, 2.24) is 0 Å². The first kappa shape index (κ1) is 15.1. The quantitative estimate of drug-likeness (QED) is 0.756. The lowest BCUT2D eigenvalue weighted by atomic mass is 10.1. The molecule has 1 aromatic carbocycles. The second kappa shape index (κ2) is 6.83. The number of hydrogen-bond donors (Lipinski definition) is 0. The monoisotopic (exact) mass is 266 g/mol. The minimum Gasteiger partial charge on any atom is -0.460 e. The molecular formula is C15H22O2S. The van der Waals surface area contributed by atoms with Gasteiger partial charge < -0.3 is 4.74 Å². The van der Waals surface area contributed by atoms with E-state index in [1.54, 1.807) is 11.8 Å². The zero-order chi connectivity index (χ0) is 13.6. The number of thioether (sulfide) groups is 1. The SMILES string of the molecule is CC(CSCc1ccccc1)C(=O)OC(C)(C)C. The third-order valence-electron chi connectivity index (χ3n) is 2.29. The van der Waals surface area contributed by atoms with E-state index in [4.69, 9.17) is 4.74 Å². The molecule has 0 amide bonds. The van der Waals surface area contributed by atoms with Gasteiger partial charge in [0.05, 0.1) is 5.92 Å². The molecule has 0 bridgehead atoms. The molecule has 100 valence electrons. The molecule has 0 aliphatic carbocycles. The molecular weight excluding hydrogens is 244 g/mol. The smallest absolute Gasteiger partial charge is 0.310 e. The van der Waals surface area contributed by atoms with Crippen molar-refractivity contribution in [2.24, 2.45) is 5.92 Å². The molecule has 1 unspecified atom stereocenters. The lowest BCUT2D eigenvalue weighted by Gasteiger charge is -2.22. The Bertz CT molecular complexity index is 368. The van der Waals surface area contributed by atoms with Gasteiger partial charge >= 0.3 is 5.97 Å². The first-order chi connectivity index (χ1) is 8.38. The molecule has 1 atom stereocenters. The summed E-state index contributed by atoms with van der Waals surface area (Å²) in [7, 11) is 0. The van der Waals surface area contributed by atoms with Gasteiger partial charge in [0, 0.05) is 11.5 Å². The van der Waals surface area contributed by atoms with Crippen LogP contribution in [0, 0.1) is 5.92 Å². The molecule has 3 heteroatoms. The van der Waals surface area contributed by atoms with Crippen molar-refractivity contribution in [3.05, 3.63) is 35.9 Å². The summed E-state index contributed by atoms with van der Waals surface area (Å²) in [5.74, 6) is 1.57. The summed E-state index contributed by atoms with van der Waals surface area (Å²) in [6.07, 6.45) is 0. The molecule has 0 heterocycles. The van der Waals surface area contributed by atoms with Gasteiger partial charge in [0.25, 0.3) is 0 Å². The molecule has 0 saturated heterocycles. The molecule has 0 aliphatic rings. The average molecular weight is 266 g/mol. The number of esters is 1. The van der Waals surface area contributed by atoms with E-state index in [2.05, 4.69) is 12.1 Å². The highest BCUT2D eigenvalue weighted by Crippen LogP contribution is 2.18. The lowest BCUT2D eigenvalue weighted by molar-refractivity contribution is -0.158. The number of ether oxygens (including phenoxy) is 1. The predicted octanol–water partition coefficient (Wildman–Crippen LogP) is 3.90. The van der Waals surface area contributed by atoms with Crippen LogP contribution >= 0.6 is 11.8 Å². The normalized spacial score (nSPS) is 13.1. The highest BCUT2D eigenvalue weighted by Gasteiger charge is 2.21. The van der Waals surface area contributed by atoms with Gasteiger partial charge in [-0.3, -0.25) is 4.79 Å². The Morgan fingerprint density at radius 2 is 1.89 bits per heavy atom. The molecule has 1 rings (SSSR count). The van der Waals surface area contributed by atoms with E-state index in [9.17, 15) is 4.79 Å². The van der Waals surface area contributed by atoms with E-state index in [-0.39, 0.29) is 11.9 Å². The van der Waals surface area contributed by atoms with Gasteiger partial charge in [0.2, 0.25) is 0 Å². The molecule has 0 saturated carbocycles. The minimum atomic E-state index is -0.393. The van der Waals surface area contributed by atoms with Crippen LogP contribution < -0.4 is 0 Å². The fourth-order valence-corrected chi connectivity index (χ4v) is 2.43. The Hall–Kier alpha value is -0.960. The van der Waals surface area contributed by atoms with Crippen molar-refractivity contribution < 1.29 is 9.53 Å². The summed E-state index contributed by atoms with van der Waals surface area (Å²) in [5.41, 5.74) is 0.897. The Kier molecular flexibility index (Phi) is 5.73. The Morgan fingerprint density at radius 3 is 2.44 bits per heavy atom. The summed E-state index contributed by atoms with van der Waals surface area (Å²) in [5, 5.41) is 0. The van der Waals surface area contributed by atoms with Gasteiger partial charge in [0.1, 0.15) is 5.60 Å². The maximum atomic E-state index is 11.8. The van der Waals surface area contributed by atoms with Crippen LogP contribution in [0.25, 0.3) is 0 Å². The van der Waals surface area contributed by atoms with Crippen LogP contribution in [-0.2, 0) is 15.3 Å². The lowest BCUT2D eigenvalue weighted by Crippen LogP contribution is -2.28. The second-order valence-corrected chi connectivity index (χ2v) is 6.47. The summed E-state index contributed by atoms with van der Waals surface area (Å²) in [4.78, 5) is 11.8. The summed E-state index contributed by atoms with van der Waals surface area (Å²) < 4.78 is 5.35. The van der Waals surface area contributed by atoms with Crippen LogP contribution in [0.4, 0.5) is 0 Å². The first-order valence-corrected chi connectivity index (χ1v) is 7.38. The van der Waals surface area contributed by atoms with E-state index in [1.807, 2.05) is 45.9 Å². The predicted molar refractivity (Wildman–Crippen MR) is 77.6 cm³/mol. The Labute approximate surface area is 114 Å². The molecule has 0 aromatic heterocycles. The van der Waals surface area contributed by atoms with Crippen molar-refractivity contribution in [2.45, 2.75) is 39.0 Å². The second-order valence-electron chi connectivity index (χ2n) is 5.44. The van der Waals surface area contributed by atoms with Crippen LogP contribution in [0.2, 0.25) is 0 Å². The molecule has 0 N–H and O–H groups in total. The minimum absolute atomic E-state index is 0.0575. The third kappa shape index (κ3) is 6.10. The van der Waals surface area contributed by atoms with Crippen molar-refractivity contribution in [1.29, 1.82) is 0 Å². The van der Waals surface area contributed by atoms with E-state index in [1.165, 1.54) is 5.56 Å². The van der Waals surface area contributed by atoms with Crippen LogP contribution in [0.3, 0.4) is 0 Å². The average Bonchev–Trinajstić information content (AvgIpc) is 2.28. The number of hydrogen-bond acceptors (Lipinski definition) is 3. The number of carbonyl (C=O) groups excluding carboxylic acids is 1. The summed E-state index contributed by atoms with van der Waals surface area (Å²) in [6.45, 7) is 7.62. The van der Waals surface area contributed by atoms with Crippen molar-refractivity contribution in [2.75, 3.05) is 5.75 Å². The highest BCUT2D eigenvalue weighted by molar-refractivity contribution is 7.98. The Morgan fingerprint density at radius 1 is 1.28 bits per heavy atom. The van der Waals surface area contributed by atoms with Gasteiger partial charge in [-0.15, -0.1) is 0 Å². The van der Waals surface area contributed by atoms with Crippen LogP contribution in [0.15, 0.2) is 30.3 Å². The third-order valence-corrected chi connectivity index (χ3v) is 3.56. The first-order valence-electron chi connectivity index (χ1n) is 6.23. The number of benzene rings is 1. The van der Waals surface area contributed by atoms with Gasteiger partial charge in [-0.1, -0.05) is 37.3 Å². The molecule has 0 aliphatic heterocycles. The largest absolute Gasteiger partial charge is 0.460 e. The maximum Gasteiger partial charge on any atom is 0.310 e. The van der Waals surface area contributed by atoms with Crippen molar-refractivity contribution in [3.63, 3.8) is 0 Å². The number of rotatable bonds is 5. The molecule has 2 nitrogen and oxygen atoms in total. The molecule has 18 heavy (non-hydrogen) atoms. The van der Waals surface area contributed by atoms with E-state index < -0.39 is 5.60 Å². The molecule has 0 spiro atoms. The number of carbonyl (C=O) groups is 1. The van der Waals surface area contributed by atoms with Gasteiger partial charge in [-0.2, -0.15) is 11.8 Å². The standard InChI is InChI=1S/C15H22O2S/c1-12(14(16)17-15(2,3)4)10-18-11-13-8-6-5-7-9-13/h5-9,12H,10-11H2,1-4H3. The van der Waals surface area contributed by atoms with Crippen LogP contribution in [-0.4, -0.2) is 17.3 Å². The van der Waals surface area contributed by atoms with E-state index in [0.29, 0.717) is 0 Å². The van der Waals surface area contributed by atoms with Crippen LogP contribution in [0.5, 0.6) is 0 Å². The van der Waals surface area contributed by atoms with E-state index in [0.717, 1.165) is 11.5 Å². The maximum absolute atomic E-state index is 11.8. The van der Waals surface area contributed by atoms with Crippen molar-refractivity contribution in [3.8, 4) is 0 Å². The molecule has 1 aromatic rings. The highest BCUT2D eigenvalue weighted by atomic mass is 32.2. The topological polar surface area (TPSA) is 26.3 Å². The van der Waals surface area contributed by atoms with Gasteiger partial charge in [-0.25, -0.2) is 0 Å². The fourth-order valence-electron chi connectivity index (χ4n) is 1.40. The zero-order valence-corrected chi connectivity index (χ0v) is 12.4. The molecule has 0 radical (unpaired) electrons. The summed E-state index contributed by atoms with van der Waals surface area (Å²) >= 11 is 1.77. The Balaban J connectivity index is 2.29.